The molecule has 0 aliphatic carbocycles. The van der Waals surface area contributed by atoms with E-state index < -0.39 is 54.0 Å². The Labute approximate surface area is 494 Å². The SMILES string of the molecule is C=CC(=O)COCCCCOCC(COc1ccc(C(=O)Oc2ccc(OC(=O)c3ccc(OCC(COCCCCOC(=O)C=C)OC(=O)CCOC(=O)C=C)cc3)c(/C=N/Nc3nc4ccccc4s3)c2)cc1)OC(=O)CCOC(=O)C=C. The van der Waals surface area contributed by atoms with Crippen LogP contribution in [0.2, 0.25) is 0 Å². The maximum atomic E-state index is 13.6. The average molecular weight is 1190 g/mol. The number of carbonyl (C=O) groups excluding carboxylic acids is 8. The van der Waals surface area contributed by atoms with Crippen molar-refractivity contribution in [3.63, 3.8) is 0 Å². The normalized spacial score (nSPS) is 11.5. The number of hydrogen-bond donors (Lipinski definition) is 1. The van der Waals surface area contributed by atoms with Gasteiger partial charge in [-0.2, -0.15) is 5.10 Å². The van der Waals surface area contributed by atoms with Crippen LogP contribution in [0.15, 0.2) is 147 Å². The molecule has 23 nitrogen and oxygen atoms in total. The molecule has 2 unspecified atom stereocenters. The summed E-state index contributed by atoms with van der Waals surface area (Å²) in [6, 6.07) is 23.8. The lowest BCUT2D eigenvalue weighted by atomic mass is 10.2. The molecule has 0 amide bonds. The number of fused-ring (bicyclic) bond motifs is 1. The summed E-state index contributed by atoms with van der Waals surface area (Å²) < 4.78 is 66.9. The molecule has 0 spiro atoms. The summed E-state index contributed by atoms with van der Waals surface area (Å²) in [7, 11) is 0. The highest BCUT2D eigenvalue weighted by molar-refractivity contribution is 7.22. The molecule has 85 heavy (non-hydrogen) atoms. The number of ether oxygens (including phenoxy) is 12. The first-order valence-corrected chi connectivity index (χ1v) is 27.4. The summed E-state index contributed by atoms with van der Waals surface area (Å²) >= 11 is 1.37. The van der Waals surface area contributed by atoms with Gasteiger partial charge in [0.25, 0.3) is 0 Å². The van der Waals surface area contributed by atoms with E-state index in [1.165, 1.54) is 90.4 Å². The van der Waals surface area contributed by atoms with Gasteiger partial charge in [0.1, 0.15) is 56.0 Å². The highest BCUT2D eigenvalue weighted by atomic mass is 32.1. The molecule has 0 aliphatic rings. The van der Waals surface area contributed by atoms with Gasteiger partial charge in [-0.05, 0) is 111 Å². The number of benzene rings is 4. The Hall–Kier alpha value is -9.36. The number of para-hydroxylation sites is 1. The van der Waals surface area contributed by atoms with E-state index in [-0.39, 0.29) is 106 Å². The number of hydrazone groups is 1. The van der Waals surface area contributed by atoms with Crippen molar-refractivity contribution in [1.29, 1.82) is 0 Å². The molecule has 2 atom stereocenters. The van der Waals surface area contributed by atoms with Crippen molar-refractivity contribution in [2.75, 3.05) is 78.1 Å². The molecule has 0 radical (unpaired) electrons. The van der Waals surface area contributed by atoms with Gasteiger partial charge >= 0.3 is 41.8 Å². The van der Waals surface area contributed by atoms with Crippen LogP contribution in [0.25, 0.3) is 10.2 Å². The fourth-order valence-corrected chi connectivity index (χ4v) is 7.67. The summed E-state index contributed by atoms with van der Waals surface area (Å²) in [5, 5.41) is 4.82. The van der Waals surface area contributed by atoms with Crippen molar-refractivity contribution >= 4 is 80.5 Å². The van der Waals surface area contributed by atoms with Crippen LogP contribution in [0.1, 0.15) is 64.8 Å². The zero-order valence-corrected chi connectivity index (χ0v) is 47.3. The van der Waals surface area contributed by atoms with Crippen molar-refractivity contribution in [3.05, 3.63) is 158 Å². The number of nitrogens with one attached hydrogen (secondary N) is 1. The molecule has 5 aromatic rings. The zero-order chi connectivity index (χ0) is 61.0. The molecule has 1 aromatic heterocycles. The molecular weight excluding hydrogens is 1130 g/mol. The molecule has 0 fully saturated rings. The van der Waals surface area contributed by atoms with Crippen LogP contribution in [-0.4, -0.2) is 144 Å². The summed E-state index contributed by atoms with van der Waals surface area (Å²) in [6.07, 6.45) is 5.64. The van der Waals surface area contributed by atoms with Crippen LogP contribution in [0.5, 0.6) is 23.0 Å². The van der Waals surface area contributed by atoms with E-state index >= 15 is 0 Å². The topological polar surface area (TPSA) is 285 Å². The predicted octanol–water partition coefficient (Wildman–Crippen LogP) is 8.10. The number of unbranched alkanes of at least 4 members (excludes halogenated alkanes) is 2. The molecule has 1 heterocycles. The minimum atomic E-state index is -0.886. The highest BCUT2D eigenvalue weighted by Crippen LogP contribution is 2.28. The number of nitrogens with zero attached hydrogens (tertiary/aromatic N) is 2. The Balaban J connectivity index is 1.21. The van der Waals surface area contributed by atoms with Gasteiger partial charge in [-0.25, -0.2) is 29.0 Å². The third kappa shape index (κ3) is 25.8. The summed E-state index contributed by atoms with van der Waals surface area (Å²) in [5.41, 5.74) is 4.17. The summed E-state index contributed by atoms with van der Waals surface area (Å²) in [5.74, 6) is -4.20. The van der Waals surface area contributed by atoms with Crippen LogP contribution in [0.3, 0.4) is 0 Å². The van der Waals surface area contributed by atoms with Gasteiger partial charge in [0.2, 0.25) is 5.13 Å². The molecule has 5 rings (SSSR count). The lowest BCUT2D eigenvalue weighted by Gasteiger charge is -2.19. The Bertz CT molecular complexity index is 3050. The van der Waals surface area contributed by atoms with E-state index in [2.05, 4.69) is 41.8 Å². The maximum absolute atomic E-state index is 13.6. The number of thiazole rings is 1. The van der Waals surface area contributed by atoms with Crippen molar-refractivity contribution < 1.29 is 95.2 Å². The fourth-order valence-electron chi connectivity index (χ4n) is 6.86. The third-order valence-electron chi connectivity index (χ3n) is 11.1. The predicted molar refractivity (Wildman–Crippen MR) is 310 cm³/mol. The molecule has 0 bridgehead atoms. The molecule has 450 valence electrons. The Morgan fingerprint density at radius 3 is 1.56 bits per heavy atom. The quantitative estimate of drug-likeness (QED) is 0.00735. The fraction of sp³-hybridized carbons (Fsp3) is 0.311. The molecule has 0 saturated heterocycles. The summed E-state index contributed by atoms with van der Waals surface area (Å²) in [6.45, 7) is 13.6. The van der Waals surface area contributed by atoms with Crippen LogP contribution in [0, 0.1) is 0 Å². The lowest BCUT2D eigenvalue weighted by molar-refractivity contribution is -0.157. The molecule has 0 saturated carbocycles. The number of anilines is 1. The summed E-state index contributed by atoms with van der Waals surface area (Å²) in [4.78, 5) is 102. The van der Waals surface area contributed by atoms with Gasteiger partial charge in [0.15, 0.2) is 18.0 Å². The molecule has 24 heteroatoms. The monoisotopic (exact) mass is 1190 g/mol. The minimum Gasteiger partial charge on any atom is -0.490 e. The largest absolute Gasteiger partial charge is 0.490 e. The average Bonchev–Trinajstić information content (AvgIpc) is 4.22. The van der Waals surface area contributed by atoms with Crippen molar-refractivity contribution in [2.45, 2.75) is 50.7 Å². The van der Waals surface area contributed by atoms with E-state index in [9.17, 15) is 38.4 Å². The van der Waals surface area contributed by atoms with Crippen molar-refractivity contribution in [1.82, 2.24) is 4.98 Å². The Kier molecular flexibility index (Phi) is 29.5. The first-order valence-electron chi connectivity index (χ1n) is 26.6. The number of aromatic nitrogens is 1. The second-order valence-electron chi connectivity index (χ2n) is 17.6. The minimum absolute atomic E-state index is 0.0317. The number of rotatable bonds is 41. The second kappa shape index (κ2) is 37.7. The van der Waals surface area contributed by atoms with Gasteiger partial charge < -0.3 is 56.8 Å². The Morgan fingerprint density at radius 1 is 0.541 bits per heavy atom. The van der Waals surface area contributed by atoms with E-state index in [0.717, 1.165) is 28.4 Å². The second-order valence-corrected chi connectivity index (χ2v) is 18.7. The molecule has 4 aromatic carbocycles. The van der Waals surface area contributed by atoms with Gasteiger partial charge in [-0.3, -0.25) is 19.8 Å². The van der Waals surface area contributed by atoms with E-state index in [4.69, 9.17) is 56.8 Å². The number of hydrogen-bond acceptors (Lipinski definition) is 24. The number of ketones is 1. The maximum Gasteiger partial charge on any atom is 0.343 e. The highest BCUT2D eigenvalue weighted by Gasteiger charge is 2.21. The third-order valence-corrected chi connectivity index (χ3v) is 12.1. The number of carbonyl (C=O) groups is 8. The van der Waals surface area contributed by atoms with Crippen molar-refractivity contribution in [2.24, 2.45) is 5.10 Å². The zero-order valence-electron chi connectivity index (χ0n) is 46.5. The van der Waals surface area contributed by atoms with Gasteiger partial charge in [-0.1, -0.05) is 49.8 Å². The van der Waals surface area contributed by atoms with Gasteiger partial charge in [0, 0.05) is 43.6 Å². The van der Waals surface area contributed by atoms with E-state index in [1.54, 1.807) is 0 Å². The first kappa shape index (κ1) is 66.4. The molecule has 1 N–H and O–H groups in total. The number of esters is 7. The van der Waals surface area contributed by atoms with Crippen LogP contribution >= 0.6 is 11.3 Å². The van der Waals surface area contributed by atoms with Gasteiger partial charge in [0.05, 0.1) is 60.2 Å². The Morgan fingerprint density at radius 2 is 1.04 bits per heavy atom. The van der Waals surface area contributed by atoms with Gasteiger partial charge in [-0.15, -0.1) is 0 Å². The molecule has 0 aliphatic heterocycles. The van der Waals surface area contributed by atoms with Crippen LogP contribution < -0.4 is 24.4 Å². The van der Waals surface area contributed by atoms with E-state index in [0.29, 0.717) is 55.5 Å². The standard InChI is InChI=1S/C61H65N3O20S/c1-5-45(65)37-73-29-11-12-30-74-38-49(81-57(69)27-33-77-55(67)7-3)40-79-46-21-17-42(18-22-46)59(71)83-48-25-26-52(44(35-48)36-62-64-61-63-51-15-9-10-16-53(51)85-61)84-60(72)43-19-23-47(24-20-43)80-41-50(82-58(70)28-34-78-56(68)8-4)39-75-31-13-14-32-76-54(66)6-2/h5-10,15-26,35-36,49-50H,1-4,11-14,27-34,37-41H2,(H,63,64)/b62-36+. The first-order chi connectivity index (χ1) is 41.2. The van der Waals surface area contributed by atoms with Crippen LogP contribution in [0.4, 0.5) is 5.13 Å². The van der Waals surface area contributed by atoms with E-state index in [1.807, 2.05) is 24.3 Å². The molecular formula is C61H65N3O20S. The lowest BCUT2D eigenvalue weighted by Crippen LogP contribution is -2.30. The van der Waals surface area contributed by atoms with Crippen molar-refractivity contribution in [3.8, 4) is 23.0 Å². The van der Waals surface area contributed by atoms with Crippen LogP contribution in [-0.2, 0) is 66.7 Å². The smallest absolute Gasteiger partial charge is 0.343 e.